The van der Waals surface area contributed by atoms with Gasteiger partial charge in [-0.1, -0.05) is 25.3 Å². The SMILES string of the molecule is Cc1ccc2oc(CC3(C(=O)O)CCCCC3)nc2c1. The molecule has 0 aliphatic heterocycles. The van der Waals surface area contributed by atoms with Gasteiger partial charge < -0.3 is 9.52 Å². The first-order chi connectivity index (χ1) is 9.59. The van der Waals surface area contributed by atoms with Gasteiger partial charge in [-0.2, -0.15) is 0 Å². The zero-order chi connectivity index (χ0) is 14.2. The van der Waals surface area contributed by atoms with E-state index in [1.165, 1.54) is 0 Å². The van der Waals surface area contributed by atoms with Crippen LogP contribution in [0.4, 0.5) is 0 Å². The van der Waals surface area contributed by atoms with E-state index in [1.807, 2.05) is 25.1 Å². The number of hydrogen-bond donors (Lipinski definition) is 1. The van der Waals surface area contributed by atoms with Crippen molar-refractivity contribution in [2.45, 2.75) is 45.4 Å². The minimum Gasteiger partial charge on any atom is -0.481 e. The van der Waals surface area contributed by atoms with Crippen LogP contribution in [0.2, 0.25) is 0 Å². The number of rotatable bonds is 3. The minimum absolute atomic E-state index is 0.399. The summed E-state index contributed by atoms with van der Waals surface area (Å²) in [7, 11) is 0. The number of carboxylic acids is 1. The fourth-order valence-electron chi connectivity index (χ4n) is 3.15. The van der Waals surface area contributed by atoms with Crippen LogP contribution in [-0.2, 0) is 11.2 Å². The summed E-state index contributed by atoms with van der Waals surface area (Å²) in [6.07, 6.45) is 4.93. The highest BCUT2D eigenvalue weighted by Crippen LogP contribution is 2.39. The van der Waals surface area contributed by atoms with Crippen LogP contribution in [-0.4, -0.2) is 16.1 Å². The number of carboxylic acid groups (broad SMARTS) is 1. The number of nitrogens with zero attached hydrogens (tertiary/aromatic N) is 1. The molecule has 1 fully saturated rings. The van der Waals surface area contributed by atoms with Crippen molar-refractivity contribution < 1.29 is 14.3 Å². The molecule has 0 radical (unpaired) electrons. The fourth-order valence-corrected chi connectivity index (χ4v) is 3.15. The zero-order valence-corrected chi connectivity index (χ0v) is 11.7. The molecule has 4 nitrogen and oxygen atoms in total. The van der Waals surface area contributed by atoms with Gasteiger partial charge in [0.25, 0.3) is 0 Å². The fraction of sp³-hybridized carbons (Fsp3) is 0.500. The van der Waals surface area contributed by atoms with Gasteiger partial charge in [-0.25, -0.2) is 4.98 Å². The maximum absolute atomic E-state index is 11.7. The number of oxazole rings is 1. The van der Waals surface area contributed by atoms with Crippen molar-refractivity contribution in [2.75, 3.05) is 0 Å². The summed E-state index contributed by atoms with van der Waals surface area (Å²) in [6.45, 7) is 2.01. The molecule has 0 bridgehead atoms. The van der Waals surface area contributed by atoms with Crippen molar-refractivity contribution in [3.05, 3.63) is 29.7 Å². The highest BCUT2D eigenvalue weighted by Gasteiger charge is 2.41. The third kappa shape index (κ3) is 2.30. The molecule has 0 saturated heterocycles. The van der Waals surface area contributed by atoms with E-state index in [4.69, 9.17) is 4.42 Å². The summed E-state index contributed by atoms with van der Waals surface area (Å²) < 4.78 is 5.73. The molecule has 1 saturated carbocycles. The van der Waals surface area contributed by atoms with Crippen LogP contribution in [0, 0.1) is 12.3 Å². The molecule has 1 N–H and O–H groups in total. The summed E-state index contributed by atoms with van der Waals surface area (Å²) in [6, 6.07) is 5.84. The van der Waals surface area contributed by atoms with Gasteiger partial charge in [-0.15, -0.1) is 0 Å². The van der Waals surface area contributed by atoms with Crippen LogP contribution in [0.1, 0.15) is 43.6 Å². The number of benzene rings is 1. The molecule has 1 aromatic carbocycles. The van der Waals surface area contributed by atoms with Gasteiger partial charge in [-0.3, -0.25) is 4.79 Å². The Morgan fingerprint density at radius 2 is 2.10 bits per heavy atom. The molecular weight excluding hydrogens is 254 g/mol. The second kappa shape index (κ2) is 4.93. The Labute approximate surface area is 117 Å². The summed E-state index contributed by atoms with van der Waals surface area (Å²) in [4.78, 5) is 16.1. The van der Waals surface area contributed by atoms with Crippen LogP contribution >= 0.6 is 0 Å². The van der Waals surface area contributed by atoms with Crippen LogP contribution < -0.4 is 0 Å². The predicted molar refractivity (Wildman–Crippen MR) is 75.6 cm³/mol. The molecule has 1 aromatic heterocycles. The van der Waals surface area contributed by atoms with Crippen LogP contribution in [0.3, 0.4) is 0 Å². The van der Waals surface area contributed by atoms with E-state index in [0.717, 1.165) is 48.8 Å². The van der Waals surface area contributed by atoms with E-state index in [2.05, 4.69) is 4.98 Å². The zero-order valence-electron chi connectivity index (χ0n) is 11.7. The van der Waals surface area contributed by atoms with Crippen LogP contribution in [0.5, 0.6) is 0 Å². The number of hydrogen-bond acceptors (Lipinski definition) is 3. The third-order valence-corrected chi connectivity index (χ3v) is 4.34. The number of aromatic nitrogens is 1. The van der Waals surface area contributed by atoms with Crippen molar-refractivity contribution in [1.82, 2.24) is 4.98 Å². The highest BCUT2D eigenvalue weighted by atomic mass is 16.4. The van der Waals surface area contributed by atoms with E-state index < -0.39 is 11.4 Å². The molecule has 3 rings (SSSR count). The number of carbonyl (C=O) groups is 1. The van der Waals surface area contributed by atoms with Gasteiger partial charge in [-0.05, 0) is 37.5 Å². The van der Waals surface area contributed by atoms with E-state index in [1.54, 1.807) is 0 Å². The summed E-state index contributed by atoms with van der Waals surface area (Å²) >= 11 is 0. The molecule has 20 heavy (non-hydrogen) atoms. The normalized spacial score (nSPS) is 18.2. The van der Waals surface area contributed by atoms with Gasteiger partial charge in [0.1, 0.15) is 5.52 Å². The van der Waals surface area contributed by atoms with E-state index >= 15 is 0 Å². The summed E-state index contributed by atoms with van der Waals surface area (Å²) in [5.74, 6) is -0.162. The monoisotopic (exact) mass is 273 g/mol. The first-order valence-corrected chi connectivity index (χ1v) is 7.19. The third-order valence-electron chi connectivity index (χ3n) is 4.34. The van der Waals surface area contributed by atoms with Gasteiger partial charge in [0.2, 0.25) is 0 Å². The first kappa shape index (κ1) is 13.2. The molecule has 0 atom stereocenters. The maximum atomic E-state index is 11.7. The number of aliphatic carboxylic acids is 1. The molecule has 0 amide bonds. The lowest BCUT2D eigenvalue weighted by atomic mass is 9.72. The van der Waals surface area contributed by atoms with Crippen molar-refractivity contribution in [1.29, 1.82) is 0 Å². The van der Waals surface area contributed by atoms with Crippen molar-refractivity contribution >= 4 is 17.1 Å². The van der Waals surface area contributed by atoms with Gasteiger partial charge in [0.15, 0.2) is 11.5 Å². The Kier molecular flexibility index (Phi) is 3.24. The van der Waals surface area contributed by atoms with E-state index in [9.17, 15) is 9.90 Å². The Balaban J connectivity index is 1.92. The molecule has 106 valence electrons. The lowest BCUT2D eigenvalue weighted by Gasteiger charge is -2.31. The predicted octanol–water partition coefficient (Wildman–Crippen LogP) is 3.71. The van der Waals surface area contributed by atoms with Gasteiger partial charge in [0, 0.05) is 6.42 Å². The molecule has 0 spiro atoms. The molecule has 1 heterocycles. The van der Waals surface area contributed by atoms with Crippen molar-refractivity contribution in [2.24, 2.45) is 5.41 Å². The Bertz CT molecular complexity index is 638. The lowest BCUT2D eigenvalue weighted by molar-refractivity contribution is -0.151. The minimum atomic E-state index is -0.712. The smallest absolute Gasteiger partial charge is 0.310 e. The average molecular weight is 273 g/mol. The Morgan fingerprint density at radius 1 is 1.35 bits per heavy atom. The van der Waals surface area contributed by atoms with E-state index in [0.29, 0.717) is 12.3 Å². The summed E-state index contributed by atoms with van der Waals surface area (Å²) in [5, 5.41) is 9.60. The maximum Gasteiger partial charge on any atom is 0.310 e. The second-order valence-electron chi connectivity index (χ2n) is 5.90. The quantitative estimate of drug-likeness (QED) is 0.925. The second-order valence-corrected chi connectivity index (χ2v) is 5.90. The number of fused-ring (bicyclic) bond motifs is 1. The van der Waals surface area contributed by atoms with Crippen LogP contribution in [0.15, 0.2) is 22.6 Å². The number of aryl methyl sites for hydroxylation is 1. The molecule has 1 aliphatic rings. The standard InChI is InChI=1S/C16H19NO3/c1-11-5-6-13-12(9-11)17-14(20-13)10-16(15(18)19)7-3-2-4-8-16/h5-6,9H,2-4,7-8,10H2,1H3,(H,18,19). The lowest BCUT2D eigenvalue weighted by Crippen LogP contribution is -2.35. The summed E-state index contributed by atoms with van der Waals surface area (Å²) in [5.41, 5.74) is 2.00. The topological polar surface area (TPSA) is 63.3 Å². The average Bonchev–Trinajstić information content (AvgIpc) is 2.80. The molecule has 1 aliphatic carbocycles. The molecule has 2 aromatic rings. The van der Waals surface area contributed by atoms with Crippen LogP contribution in [0.25, 0.3) is 11.1 Å². The largest absolute Gasteiger partial charge is 0.481 e. The van der Waals surface area contributed by atoms with Crippen molar-refractivity contribution in [3.8, 4) is 0 Å². The Hall–Kier alpha value is -1.84. The van der Waals surface area contributed by atoms with E-state index in [-0.39, 0.29) is 0 Å². The first-order valence-electron chi connectivity index (χ1n) is 7.19. The van der Waals surface area contributed by atoms with Gasteiger partial charge in [0.05, 0.1) is 5.41 Å². The molecule has 4 heteroatoms. The Morgan fingerprint density at radius 3 is 2.80 bits per heavy atom. The van der Waals surface area contributed by atoms with Gasteiger partial charge >= 0.3 is 5.97 Å². The molecular formula is C16H19NO3. The molecule has 0 unspecified atom stereocenters. The van der Waals surface area contributed by atoms with Crippen molar-refractivity contribution in [3.63, 3.8) is 0 Å². The highest BCUT2D eigenvalue weighted by molar-refractivity contribution is 5.76.